The van der Waals surface area contributed by atoms with Crippen LogP contribution in [0.25, 0.3) is 0 Å². The number of hydrogen-bond donors (Lipinski definition) is 1. The van der Waals surface area contributed by atoms with E-state index in [4.69, 9.17) is 10.5 Å². The molecule has 1 aromatic rings. The van der Waals surface area contributed by atoms with E-state index in [9.17, 15) is 13.2 Å². The van der Waals surface area contributed by atoms with Gasteiger partial charge in [-0.25, -0.2) is 0 Å². The molecule has 1 rings (SSSR count). The van der Waals surface area contributed by atoms with Crippen LogP contribution in [0.5, 0.6) is 0 Å². The summed E-state index contributed by atoms with van der Waals surface area (Å²) < 4.78 is 44.1. The summed E-state index contributed by atoms with van der Waals surface area (Å²) in [5, 5.41) is 0. The average Bonchev–Trinajstić information content (AvgIpc) is 2.42. The van der Waals surface area contributed by atoms with Gasteiger partial charge in [-0.15, -0.1) is 0 Å². The number of halogens is 3. The lowest BCUT2D eigenvalue weighted by molar-refractivity contribution is -0.138. The Morgan fingerprint density at radius 3 is 2.38 bits per heavy atom. The number of hydrogen-bond acceptors (Lipinski definition) is 3. The van der Waals surface area contributed by atoms with Crippen LogP contribution in [0.15, 0.2) is 24.3 Å². The fourth-order valence-corrected chi connectivity index (χ4v) is 2.20. The van der Waals surface area contributed by atoms with Gasteiger partial charge in [0.2, 0.25) is 0 Å². The minimum absolute atomic E-state index is 0.132. The second kappa shape index (κ2) is 7.77. The summed E-state index contributed by atoms with van der Waals surface area (Å²) in [6, 6.07) is 4.97. The zero-order valence-corrected chi connectivity index (χ0v) is 12.7. The van der Waals surface area contributed by atoms with Gasteiger partial charge in [0, 0.05) is 32.3 Å². The molecule has 1 atom stereocenters. The molecule has 2 N–H and O–H groups in total. The molecule has 0 spiro atoms. The molecule has 0 bridgehead atoms. The summed E-state index contributed by atoms with van der Waals surface area (Å²) in [7, 11) is 1.59. The fourth-order valence-electron chi connectivity index (χ4n) is 2.20. The molecule has 1 aromatic carbocycles. The fraction of sp³-hybridized carbons (Fsp3) is 0.600. The molecule has 6 heteroatoms. The lowest BCUT2D eigenvalue weighted by Crippen LogP contribution is -2.39. The first-order chi connectivity index (χ1) is 9.77. The molecule has 0 aliphatic heterocycles. The molecule has 0 radical (unpaired) electrons. The van der Waals surface area contributed by atoms with Crippen LogP contribution in [0.4, 0.5) is 13.2 Å². The topological polar surface area (TPSA) is 38.5 Å². The van der Waals surface area contributed by atoms with E-state index in [2.05, 4.69) is 0 Å². The zero-order chi connectivity index (χ0) is 16.0. The van der Waals surface area contributed by atoms with Crippen LogP contribution >= 0.6 is 0 Å². The number of alkyl halides is 3. The third-order valence-electron chi connectivity index (χ3n) is 3.41. The van der Waals surface area contributed by atoms with E-state index in [1.54, 1.807) is 13.2 Å². The maximum atomic E-state index is 13.0. The van der Waals surface area contributed by atoms with Gasteiger partial charge in [-0.1, -0.05) is 18.2 Å². The Morgan fingerprint density at radius 1 is 1.24 bits per heavy atom. The summed E-state index contributed by atoms with van der Waals surface area (Å²) in [5.74, 6) is 0. The molecule has 0 aliphatic carbocycles. The van der Waals surface area contributed by atoms with Crippen molar-refractivity contribution in [2.24, 2.45) is 5.73 Å². The molecule has 0 aliphatic rings. The Kier molecular flexibility index (Phi) is 6.64. The number of benzene rings is 1. The van der Waals surface area contributed by atoms with Crippen molar-refractivity contribution < 1.29 is 17.9 Å². The molecule has 0 amide bonds. The predicted molar refractivity (Wildman–Crippen MR) is 77.0 cm³/mol. The van der Waals surface area contributed by atoms with E-state index in [1.807, 2.05) is 18.7 Å². The van der Waals surface area contributed by atoms with Crippen molar-refractivity contribution in [1.29, 1.82) is 0 Å². The van der Waals surface area contributed by atoms with Gasteiger partial charge in [-0.05, 0) is 25.5 Å². The maximum Gasteiger partial charge on any atom is 0.416 e. The third kappa shape index (κ3) is 5.30. The number of methoxy groups -OCH3 is 1. The lowest BCUT2D eigenvalue weighted by atomic mass is 9.99. The quantitative estimate of drug-likeness (QED) is 0.841. The van der Waals surface area contributed by atoms with E-state index >= 15 is 0 Å². The van der Waals surface area contributed by atoms with Gasteiger partial charge in [-0.3, -0.25) is 4.90 Å². The molecule has 0 aromatic heterocycles. The van der Waals surface area contributed by atoms with Crippen molar-refractivity contribution in [1.82, 2.24) is 4.90 Å². The van der Waals surface area contributed by atoms with E-state index in [0.717, 1.165) is 6.07 Å². The molecule has 0 fully saturated rings. The van der Waals surface area contributed by atoms with E-state index in [-0.39, 0.29) is 11.6 Å². The van der Waals surface area contributed by atoms with Crippen molar-refractivity contribution in [3.8, 4) is 0 Å². The normalized spacial score (nSPS) is 14.0. The molecule has 0 saturated heterocycles. The molecular formula is C15H23F3N2O. The van der Waals surface area contributed by atoms with Crippen LogP contribution in [0, 0.1) is 0 Å². The highest BCUT2D eigenvalue weighted by Crippen LogP contribution is 2.34. The summed E-state index contributed by atoms with van der Waals surface area (Å²) in [6.45, 7) is 5.48. The third-order valence-corrected chi connectivity index (χ3v) is 3.41. The Balaban J connectivity index is 2.90. The molecule has 3 nitrogen and oxygen atoms in total. The first kappa shape index (κ1) is 17.9. The highest BCUT2D eigenvalue weighted by atomic mass is 19.4. The first-order valence-electron chi connectivity index (χ1n) is 6.92. The van der Waals surface area contributed by atoms with Crippen molar-refractivity contribution >= 4 is 0 Å². The maximum absolute atomic E-state index is 13.0. The number of rotatable bonds is 7. The van der Waals surface area contributed by atoms with Crippen LogP contribution in [0.2, 0.25) is 0 Å². The monoisotopic (exact) mass is 304 g/mol. The van der Waals surface area contributed by atoms with Crippen molar-refractivity contribution in [2.75, 3.05) is 26.8 Å². The largest absolute Gasteiger partial charge is 0.416 e. The van der Waals surface area contributed by atoms with Crippen molar-refractivity contribution in [2.45, 2.75) is 32.1 Å². The number of ether oxygens (including phenoxy) is 1. The minimum Gasteiger partial charge on any atom is -0.383 e. The Morgan fingerprint density at radius 2 is 1.86 bits per heavy atom. The molecule has 0 saturated carbocycles. The van der Waals surface area contributed by atoms with E-state index in [0.29, 0.717) is 19.7 Å². The molecule has 1 unspecified atom stereocenters. The summed E-state index contributed by atoms with van der Waals surface area (Å²) in [4.78, 5) is 2.02. The Hall–Kier alpha value is -1.11. The van der Waals surface area contributed by atoms with Crippen LogP contribution in [-0.2, 0) is 10.9 Å². The lowest BCUT2D eigenvalue weighted by Gasteiger charge is -2.30. The van der Waals surface area contributed by atoms with Crippen LogP contribution in [0.3, 0.4) is 0 Å². The smallest absolute Gasteiger partial charge is 0.383 e. The predicted octanol–water partition coefficient (Wildman–Crippen LogP) is 3.06. The van der Waals surface area contributed by atoms with E-state index in [1.165, 1.54) is 12.1 Å². The van der Waals surface area contributed by atoms with E-state index < -0.39 is 17.8 Å². The summed E-state index contributed by atoms with van der Waals surface area (Å²) in [6.07, 6.45) is -4.39. The highest BCUT2D eigenvalue weighted by molar-refractivity contribution is 5.32. The van der Waals surface area contributed by atoms with Gasteiger partial charge in [0.1, 0.15) is 0 Å². The van der Waals surface area contributed by atoms with Gasteiger partial charge < -0.3 is 10.5 Å². The van der Waals surface area contributed by atoms with Crippen molar-refractivity contribution in [3.63, 3.8) is 0 Å². The van der Waals surface area contributed by atoms with Crippen LogP contribution in [0.1, 0.15) is 31.0 Å². The number of nitrogens with zero attached hydrogens (tertiary/aromatic N) is 1. The second-order valence-corrected chi connectivity index (χ2v) is 5.27. The van der Waals surface area contributed by atoms with Crippen LogP contribution < -0.4 is 5.73 Å². The SMILES string of the molecule is COCCN(CC(N)c1ccccc1C(F)(F)F)C(C)C. The van der Waals surface area contributed by atoms with Crippen LogP contribution in [-0.4, -0.2) is 37.7 Å². The second-order valence-electron chi connectivity index (χ2n) is 5.27. The molecule has 21 heavy (non-hydrogen) atoms. The summed E-state index contributed by atoms with van der Waals surface area (Å²) >= 11 is 0. The van der Waals surface area contributed by atoms with Gasteiger partial charge in [0.15, 0.2) is 0 Å². The molecular weight excluding hydrogens is 281 g/mol. The molecule has 120 valence electrons. The summed E-state index contributed by atoms with van der Waals surface area (Å²) in [5.41, 5.74) is 5.49. The highest BCUT2D eigenvalue weighted by Gasteiger charge is 2.34. The van der Waals surface area contributed by atoms with Gasteiger partial charge in [-0.2, -0.15) is 13.2 Å². The minimum atomic E-state index is -4.39. The standard InChI is InChI=1S/C15H23F3N2O/c1-11(2)20(8-9-21-3)10-14(19)12-6-4-5-7-13(12)15(16,17)18/h4-7,11,14H,8-10,19H2,1-3H3. The van der Waals surface area contributed by atoms with Gasteiger partial charge in [0.05, 0.1) is 12.2 Å². The Labute approximate surface area is 123 Å². The van der Waals surface area contributed by atoms with Gasteiger partial charge in [0.25, 0.3) is 0 Å². The zero-order valence-electron chi connectivity index (χ0n) is 12.7. The van der Waals surface area contributed by atoms with Crippen molar-refractivity contribution in [3.05, 3.63) is 35.4 Å². The Bertz CT molecular complexity index is 435. The number of nitrogens with two attached hydrogens (primary N) is 1. The molecule has 0 heterocycles. The average molecular weight is 304 g/mol. The van der Waals surface area contributed by atoms with Gasteiger partial charge >= 0.3 is 6.18 Å². The first-order valence-corrected chi connectivity index (χ1v) is 6.92.